The summed E-state index contributed by atoms with van der Waals surface area (Å²) in [5.74, 6) is 0.685. The van der Waals surface area contributed by atoms with Crippen molar-refractivity contribution in [3.8, 4) is 6.07 Å². The highest BCUT2D eigenvalue weighted by Crippen LogP contribution is 2.44. The van der Waals surface area contributed by atoms with Crippen LogP contribution in [-0.4, -0.2) is 9.97 Å². The van der Waals surface area contributed by atoms with E-state index in [0.29, 0.717) is 5.82 Å². The van der Waals surface area contributed by atoms with Crippen LogP contribution in [0.4, 0.5) is 0 Å². The van der Waals surface area contributed by atoms with Crippen molar-refractivity contribution in [3.05, 3.63) is 63.8 Å². The summed E-state index contributed by atoms with van der Waals surface area (Å²) in [4.78, 5) is 19.1. The fourth-order valence-electron chi connectivity index (χ4n) is 3.12. The molecule has 0 spiro atoms. The summed E-state index contributed by atoms with van der Waals surface area (Å²) in [5.41, 5.74) is 0.689. The summed E-state index contributed by atoms with van der Waals surface area (Å²) in [6.45, 7) is 0. The highest BCUT2D eigenvalue weighted by molar-refractivity contribution is 5.35. The van der Waals surface area contributed by atoms with Crippen molar-refractivity contribution in [1.29, 1.82) is 5.26 Å². The first-order valence-electron chi connectivity index (χ1n) is 6.82. The lowest BCUT2D eigenvalue weighted by Gasteiger charge is -2.28. The molecule has 20 heavy (non-hydrogen) atoms. The molecule has 1 aliphatic rings. The number of benzene rings is 1. The normalized spacial score (nSPS) is 16.8. The van der Waals surface area contributed by atoms with E-state index >= 15 is 0 Å². The summed E-state index contributed by atoms with van der Waals surface area (Å²) in [6.07, 6.45) is 5.59. The molecule has 0 aliphatic heterocycles. The molecule has 0 saturated heterocycles. The maximum absolute atomic E-state index is 11.9. The van der Waals surface area contributed by atoms with Gasteiger partial charge in [0.1, 0.15) is 17.5 Å². The van der Waals surface area contributed by atoms with Gasteiger partial charge < -0.3 is 4.98 Å². The summed E-state index contributed by atoms with van der Waals surface area (Å²) >= 11 is 0. The fraction of sp³-hybridized carbons (Fsp3) is 0.312. The molecule has 3 rings (SSSR count). The number of hydrogen-bond acceptors (Lipinski definition) is 3. The molecule has 1 aromatic heterocycles. The second kappa shape index (κ2) is 4.93. The monoisotopic (exact) mass is 265 g/mol. The van der Waals surface area contributed by atoms with Gasteiger partial charge in [0.05, 0.1) is 11.6 Å². The largest absolute Gasteiger partial charge is 0.309 e. The van der Waals surface area contributed by atoms with Crippen molar-refractivity contribution < 1.29 is 0 Å². The summed E-state index contributed by atoms with van der Waals surface area (Å²) in [7, 11) is 0. The number of nitrogens with zero attached hydrogens (tertiary/aromatic N) is 2. The highest BCUT2D eigenvalue weighted by atomic mass is 16.1. The van der Waals surface area contributed by atoms with Crippen LogP contribution in [0.2, 0.25) is 0 Å². The van der Waals surface area contributed by atoms with Gasteiger partial charge in [-0.15, -0.1) is 0 Å². The topological polar surface area (TPSA) is 69.5 Å². The molecule has 2 aromatic rings. The van der Waals surface area contributed by atoms with Crippen molar-refractivity contribution in [2.45, 2.75) is 31.1 Å². The van der Waals surface area contributed by atoms with Gasteiger partial charge in [0.25, 0.3) is 5.56 Å². The van der Waals surface area contributed by atoms with Crippen LogP contribution in [0.25, 0.3) is 0 Å². The van der Waals surface area contributed by atoms with Gasteiger partial charge in [0.2, 0.25) is 0 Å². The molecular formula is C16H15N3O. The average molecular weight is 265 g/mol. The van der Waals surface area contributed by atoms with Gasteiger partial charge in [0.15, 0.2) is 0 Å². The van der Waals surface area contributed by atoms with Crippen LogP contribution in [0.5, 0.6) is 0 Å². The smallest absolute Gasteiger partial charge is 0.268 e. The maximum atomic E-state index is 11.9. The Labute approximate surface area is 117 Å². The van der Waals surface area contributed by atoms with E-state index in [1.165, 1.54) is 11.8 Å². The zero-order valence-corrected chi connectivity index (χ0v) is 11.1. The third-order valence-electron chi connectivity index (χ3n) is 4.16. The van der Waals surface area contributed by atoms with Crippen LogP contribution in [0, 0.1) is 11.3 Å². The number of nitrogens with one attached hydrogen (secondary N) is 1. The van der Waals surface area contributed by atoms with E-state index in [0.717, 1.165) is 25.7 Å². The van der Waals surface area contributed by atoms with Gasteiger partial charge >= 0.3 is 0 Å². The number of hydrogen-bond donors (Lipinski definition) is 1. The molecule has 1 fully saturated rings. The molecule has 0 atom stereocenters. The lowest BCUT2D eigenvalue weighted by molar-refractivity contribution is 0.497. The molecule has 1 saturated carbocycles. The average Bonchev–Trinajstić information content (AvgIpc) is 2.99. The van der Waals surface area contributed by atoms with E-state index < -0.39 is 0 Å². The Bertz CT molecular complexity index is 706. The number of rotatable bonds is 2. The highest BCUT2D eigenvalue weighted by Gasteiger charge is 2.39. The van der Waals surface area contributed by atoms with Gasteiger partial charge in [-0.3, -0.25) is 4.79 Å². The molecule has 4 nitrogen and oxygen atoms in total. The van der Waals surface area contributed by atoms with Crippen LogP contribution in [-0.2, 0) is 5.41 Å². The summed E-state index contributed by atoms with van der Waals surface area (Å²) < 4.78 is 0. The first-order chi connectivity index (χ1) is 9.76. The van der Waals surface area contributed by atoms with E-state index in [1.54, 1.807) is 0 Å². The van der Waals surface area contributed by atoms with E-state index in [-0.39, 0.29) is 16.5 Å². The summed E-state index contributed by atoms with van der Waals surface area (Å²) in [5, 5.41) is 8.85. The Morgan fingerprint density at radius 2 is 1.90 bits per heavy atom. The fourth-order valence-corrected chi connectivity index (χ4v) is 3.12. The first kappa shape index (κ1) is 12.6. The Morgan fingerprint density at radius 1 is 1.20 bits per heavy atom. The van der Waals surface area contributed by atoms with E-state index in [2.05, 4.69) is 22.1 Å². The molecule has 0 bridgehead atoms. The molecule has 0 radical (unpaired) electrons. The maximum Gasteiger partial charge on any atom is 0.268 e. The minimum atomic E-state index is -0.347. The van der Waals surface area contributed by atoms with Crippen molar-refractivity contribution in [3.63, 3.8) is 0 Å². The second-order valence-corrected chi connectivity index (χ2v) is 5.24. The van der Waals surface area contributed by atoms with Crippen LogP contribution >= 0.6 is 0 Å². The van der Waals surface area contributed by atoms with Gasteiger partial charge in [-0.05, 0) is 18.4 Å². The molecule has 1 N–H and O–H groups in total. The molecular weight excluding hydrogens is 250 g/mol. The van der Waals surface area contributed by atoms with Crippen molar-refractivity contribution in [1.82, 2.24) is 9.97 Å². The SMILES string of the molecule is N#Cc1cnc(C2(c3ccccc3)CCCC2)[nH]c1=O. The van der Waals surface area contributed by atoms with Gasteiger partial charge in [-0.1, -0.05) is 43.2 Å². The first-order valence-corrected chi connectivity index (χ1v) is 6.82. The molecule has 1 aromatic carbocycles. The lowest BCUT2D eigenvalue weighted by Crippen LogP contribution is -2.30. The molecule has 0 unspecified atom stereocenters. The van der Waals surface area contributed by atoms with E-state index in [9.17, 15) is 4.79 Å². The number of aromatic nitrogens is 2. The number of H-pyrrole nitrogens is 1. The Hall–Kier alpha value is -2.41. The molecule has 1 heterocycles. The zero-order valence-electron chi connectivity index (χ0n) is 11.1. The van der Waals surface area contributed by atoms with Crippen LogP contribution in [0.1, 0.15) is 42.6 Å². The third kappa shape index (κ3) is 1.92. The minimum Gasteiger partial charge on any atom is -0.309 e. The van der Waals surface area contributed by atoms with E-state index in [1.807, 2.05) is 24.3 Å². The second-order valence-electron chi connectivity index (χ2n) is 5.24. The van der Waals surface area contributed by atoms with Crippen molar-refractivity contribution >= 4 is 0 Å². The predicted octanol–water partition coefficient (Wildman–Crippen LogP) is 2.50. The van der Waals surface area contributed by atoms with Crippen LogP contribution in [0.3, 0.4) is 0 Å². The van der Waals surface area contributed by atoms with E-state index in [4.69, 9.17) is 5.26 Å². The van der Waals surface area contributed by atoms with Crippen molar-refractivity contribution in [2.24, 2.45) is 0 Å². The minimum absolute atomic E-state index is 0.0648. The molecule has 4 heteroatoms. The lowest BCUT2D eigenvalue weighted by atomic mass is 9.78. The Morgan fingerprint density at radius 3 is 2.50 bits per heavy atom. The predicted molar refractivity (Wildman–Crippen MR) is 75.3 cm³/mol. The Kier molecular flexibility index (Phi) is 3.11. The van der Waals surface area contributed by atoms with Crippen LogP contribution < -0.4 is 5.56 Å². The van der Waals surface area contributed by atoms with Gasteiger partial charge in [0, 0.05) is 0 Å². The summed E-state index contributed by atoms with van der Waals surface area (Å²) in [6, 6.07) is 12.0. The van der Waals surface area contributed by atoms with Crippen LogP contribution in [0.15, 0.2) is 41.3 Å². The number of nitriles is 1. The zero-order chi connectivity index (χ0) is 14.0. The number of aromatic amines is 1. The molecule has 100 valence electrons. The van der Waals surface area contributed by atoms with Gasteiger partial charge in [-0.25, -0.2) is 4.98 Å². The Balaban J connectivity index is 2.15. The quantitative estimate of drug-likeness (QED) is 0.907. The third-order valence-corrected chi connectivity index (χ3v) is 4.16. The van der Waals surface area contributed by atoms with Gasteiger partial charge in [-0.2, -0.15) is 5.26 Å². The van der Waals surface area contributed by atoms with Crippen molar-refractivity contribution in [2.75, 3.05) is 0 Å². The molecule has 1 aliphatic carbocycles. The standard InChI is InChI=1S/C16H15N3O/c17-10-12-11-18-15(19-14(12)20)16(8-4-5-9-16)13-6-2-1-3-7-13/h1-3,6-7,11H,4-5,8-9H2,(H,18,19,20). The molecule has 0 amide bonds.